The van der Waals surface area contributed by atoms with E-state index in [2.05, 4.69) is 25.1 Å². The van der Waals surface area contributed by atoms with E-state index in [9.17, 15) is 26.4 Å². The van der Waals surface area contributed by atoms with Gasteiger partial charge in [0.25, 0.3) is 15.9 Å². The predicted molar refractivity (Wildman–Crippen MR) is 127 cm³/mol. The SMILES string of the molecule is O=C(COc1cc(C(F)(F)F)nn1-c1ccccc1Cl)NC1C=CC(S(=O)(=O)Nc2ncccn2)=CC1. The number of carbonyl (C=O) groups excluding carboxylic acids is 1. The van der Waals surface area contributed by atoms with Gasteiger partial charge in [0.05, 0.1) is 21.7 Å². The number of anilines is 1. The molecule has 194 valence electrons. The van der Waals surface area contributed by atoms with Crippen molar-refractivity contribution in [3.63, 3.8) is 0 Å². The number of sulfonamides is 1. The molecule has 2 aromatic heterocycles. The van der Waals surface area contributed by atoms with Crippen LogP contribution in [0.25, 0.3) is 5.69 Å². The summed E-state index contributed by atoms with van der Waals surface area (Å²) < 4.78 is 73.1. The first-order valence-electron chi connectivity index (χ1n) is 10.6. The van der Waals surface area contributed by atoms with Gasteiger partial charge in [-0.25, -0.2) is 23.1 Å². The highest BCUT2D eigenvalue weighted by Crippen LogP contribution is 2.33. The van der Waals surface area contributed by atoms with E-state index >= 15 is 0 Å². The van der Waals surface area contributed by atoms with Gasteiger partial charge in [-0.15, -0.1) is 0 Å². The summed E-state index contributed by atoms with van der Waals surface area (Å²) in [7, 11) is -3.93. The average molecular weight is 555 g/mol. The quantitative estimate of drug-likeness (QED) is 0.436. The highest BCUT2D eigenvalue weighted by atomic mass is 35.5. The molecule has 0 radical (unpaired) electrons. The lowest BCUT2D eigenvalue weighted by atomic mass is 10.1. The van der Waals surface area contributed by atoms with Gasteiger partial charge in [0.15, 0.2) is 12.3 Å². The zero-order valence-corrected chi connectivity index (χ0v) is 20.3. The molecular formula is C22H18ClF3N6O4S. The van der Waals surface area contributed by atoms with Gasteiger partial charge in [0.1, 0.15) is 0 Å². The Labute approximate surface area is 213 Å². The van der Waals surface area contributed by atoms with Crippen molar-refractivity contribution < 1.29 is 31.1 Å². The van der Waals surface area contributed by atoms with Crippen molar-refractivity contribution in [1.29, 1.82) is 0 Å². The van der Waals surface area contributed by atoms with Crippen molar-refractivity contribution in [2.45, 2.75) is 18.6 Å². The Hall–Kier alpha value is -3.91. The molecule has 0 saturated carbocycles. The van der Waals surface area contributed by atoms with Crippen LogP contribution in [0.4, 0.5) is 19.1 Å². The number of hydrogen-bond acceptors (Lipinski definition) is 7. The number of allylic oxidation sites excluding steroid dienone is 1. The van der Waals surface area contributed by atoms with E-state index in [0.29, 0.717) is 6.07 Å². The summed E-state index contributed by atoms with van der Waals surface area (Å²) in [5, 5.41) is 6.26. The second-order valence-electron chi connectivity index (χ2n) is 7.57. The summed E-state index contributed by atoms with van der Waals surface area (Å²) in [6.45, 7) is -0.625. The first-order valence-corrected chi connectivity index (χ1v) is 12.4. The molecule has 2 heterocycles. The molecule has 10 nitrogen and oxygen atoms in total. The molecular weight excluding hydrogens is 537 g/mol. The smallest absolute Gasteiger partial charge is 0.435 e. The van der Waals surface area contributed by atoms with E-state index in [1.54, 1.807) is 12.1 Å². The van der Waals surface area contributed by atoms with Crippen molar-refractivity contribution in [3.8, 4) is 11.6 Å². The molecule has 37 heavy (non-hydrogen) atoms. The lowest BCUT2D eigenvalue weighted by Gasteiger charge is -2.18. The molecule has 2 N–H and O–H groups in total. The minimum atomic E-state index is -4.74. The van der Waals surface area contributed by atoms with Crippen LogP contribution >= 0.6 is 11.6 Å². The fraction of sp³-hybridized carbons (Fsp3) is 0.182. The Kier molecular flexibility index (Phi) is 7.50. The fourth-order valence-corrected chi connectivity index (χ4v) is 4.48. The minimum absolute atomic E-state index is 0.0370. The van der Waals surface area contributed by atoms with Crippen molar-refractivity contribution in [1.82, 2.24) is 25.1 Å². The average Bonchev–Trinajstić information content (AvgIpc) is 3.28. The number of ether oxygens (including phenoxy) is 1. The summed E-state index contributed by atoms with van der Waals surface area (Å²) in [5.41, 5.74) is -1.08. The van der Waals surface area contributed by atoms with E-state index < -0.39 is 40.4 Å². The molecule has 1 amide bonds. The molecule has 3 aromatic rings. The van der Waals surface area contributed by atoms with Gasteiger partial charge in [0.2, 0.25) is 11.8 Å². The molecule has 1 aliphatic carbocycles. The number of hydrogen-bond donors (Lipinski definition) is 2. The molecule has 4 rings (SSSR count). The second-order valence-corrected chi connectivity index (χ2v) is 9.66. The van der Waals surface area contributed by atoms with Crippen LogP contribution in [-0.2, 0) is 21.0 Å². The lowest BCUT2D eigenvalue weighted by molar-refractivity contribution is -0.141. The summed E-state index contributed by atoms with van der Waals surface area (Å²) >= 11 is 6.09. The third kappa shape index (κ3) is 6.46. The number of para-hydroxylation sites is 1. The molecule has 0 fully saturated rings. The van der Waals surface area contributed by atoms with Gasteiger partial charge in [-0.2, -0.15) is 23.0 Å². The molecule has 1 atom stereocenters. The fourth-order valence-electron chi connectivity index (χ4n) is 3.23. The normalized spacial score (nSPS) is 15.7. The molecule has 0 aliphatic heterocycles. The van der Waals surface area contributed by atoms with Crippen LogP contribution in [0.15, 0.2) is 71.9 Å². The number of benzene rings is 1. The number of halogens is 4. The van der Waals surface area contributed by atoms with Gasteiger partial charge in [-0.3, -0.25) is 4.79 Å². The number of rotatable bonds is 8. The minimum Gasteiger partial charge on any atom is -0.467 e. The standard InChI is InChI=1S/C22H18ClF3N6O4S/c23-16-4-1-2-5-17(16)32-20(12-18(30-32)22(24,25)26)36-13-19(33)29-14-6-8-15(9-7-14)37(34,35)31-21-27-10-3-11-28-21/h1-6,8-12,14H,7,13H2,(H,29,33)(H,27,28,31). The van der Waals surface area contributed by atoms with Crippen molar-refractivity contribution in [3.05, 3.63) is 82.6 Å². The number of amides is 1. The number of nitrogens with one attached hydrogen (secondary N) is 2. The van der Waals surface area contributed by atoms with Crippen molar-refractivity contribution in [2.24, 2.45) is 0 Å². The van der Waals surface area contributed by atoms with E-state index in [4.69, 9.17) is 16.3 Å². The van der Waals surface area contributed by atoms with Crippen LogP contribution in [0.5, 0.6) is 5.88 Å². The molecule has 1 unspecified atom stereocenters. The van der Waals surface area contributed by atoms with Crippen molar-refractivity contribution in [2.75, 3.05) is 11.3 Å². The molecule has 0 saturated heterocycles. The lowest BCUT2D eigenvalue weighted by Crippen LogP contribution is -2.37. The van der Waals surface area contributed by atoms with Gasteiger partial charge in [-0.1, -0.05) is 35.9 Å². The number of aromatic nitrogens is 4. The third-order valence-electron chi connectivity index (χ3n) is 4.91. The maximum Gasteiger partial charge on any atom is 0.435 e. The van der Waals surface area contributed by atoms with E-state index in [1.165, 1.54) is 48.8 Å². The van der Waals surface area contributed by atoms with Gasteiger partial charge < -0.3 is 10.1 Å². The van der Waals surface area contributed by atoms with Crippen LogP contribution < -0.4 is 14.8 Å². The maximum absolute atomic E-state index is 13.2. The molecule has 0 bridgehead atoms. The molecule has 0 spiro atoms. The number of carbonyl (C=O) groups is 1. The van der Waals surface area contributed by atoms with Crippen LogP contribution in [0.1, 0.15) is 12.1 Å². The monoisotopic (exact) mass is 554 g/mol. The van der Waals surface area contributed by atoms with Gasteiger partial charge in [0, 0.05) is 18.5 Å². The largest absolute Gasteiger partial charge is 0.467 e. The summed E-state index contributed by atoms with van der Waals surface area (Å²) in [6.07, 6.45) is 2.34. The summed E-state index contributed by atoms with van der Waals surface area (Å²) in [4.78, 5) is 20.0. The van der Waals surface area contributed by atoms with Crippen LogP contribution in [0.2, 0.25) is 5.02 Å². The van der Waals surface area contributed by atoms with E-state index in [0.717, 1.165) is 4.68 Å². The van der Waals surface area contributed by atoms with Crippen LogP contribution in [0, 0.1) is 0 Å². The zero-order chi connectivity index (χ0) is 26.6. The zero-order valence-electron chi connectivity index (χ0n) is 18.7. The Bertz CT molecular complexity index is 1460. The second kappa shape index (κ2) is 10.6. The van der Waals surface area contributed by atoms with Gasteiger partial charge >= 0.3 is 6.18 Å². The molecule has 15 heteroatoms. The number of nitrogens with zero attached hydrogens (tertiary/aromatic N) is 4. The third-order valence-corrected chi connectivity index (χ3v) is 6.61. The molecule has 1 aliphatic rings. The topological polar surface area (TPSA) is 128 Å². The van der Waals surface area contributed by atoms with Gasteiger partial charge in [-0.05, 0) is 30.7 Å². The first-order chi connectivity index (χ1) is 17.5. The highest BCUT2D eigenvalue weighted by molar-refractivity contribution is 7.96. The maximum atomic E-state index is 13.2. The van der Waals surface area contributed by atoms with E-state index in [1.807, 2.05) is 0 Å². The van der Waals surface area contributed by atoms with Crippen LogP contribution in [0.3, 0.4) is 0 Å². The number of alkyl halides is 3. The summed E-state index contributed by atoms with van der Waals surface area (Å²) in [5.74, 6) is -1.07. The Morgan fingerprint density at radius 3 is 2.57 bits per heavy atom. The predicted octanol–water partition coefficient (Wildman–Crippen LogP) is 3.48. The summed E-state index contributed by atoms with van der Waals surface area (Å²) in [6, 6.07) is 7.72. The Morgan fingerprint density at radius 1 is 1.19 bits per heavy atom. The molecule has 1 aromatic carbocycles. The first kappa shape index (κ1) is 26.2. The van der Waals surface area contributed by atoms with E-state index in [-0.39, 0.29) is 33.9 Å². The highest BCUT2D eigenvalue weighted by Gasteiger charge is 2.36. The van der Waals surface area contributed by atoms with Crippen LogP contribution in [-0.4, -0.2) is 46.7 Å². The Morgan fingerprint density at radius 2 is 1.92 bits per heavy atom. The van der Waals surface area contributed by atoms with Crippen molar-refractivity contribution >= 4 is 33.5 Å². The Balaban J connectivity index is 1.38.